The van der Waals surface area contributed by atoms with Gasteiger partial charge in [0, 0.05) is 18.2 Å². The summed E-state index contributed by atoms with van der Waals surface area (Å²) in [4.78, 5) is 27.1. The number of benzene rings is 2. The summed E-state index contributed by atoms with van der Waals surface area (Å²) in [6.45, 7) is 3.77. The van der Waals surface area contributed by atoms with Crippen molar-refractivity contribution in [2.75, 3.05) is 0 Å². The van der Waals surface area contributed by atoms with Crippen LogP contribution < -0.4 is 5.73 Å². The number of nitrogens with one attached hydrogen (secondary N) is 1. The van der Waals surface area contributed by atoms with Crippen molar-refractivity contribution < 1.29 is 22.8 Å². The summed E-state index contributed by atoms with van der Waals surface area (Å²) in [6, 6.07) is 14.1. The summed E-state index contributed by atoms with van der Waals surface area (Å²) in [6.07, 6.45) is -4.22. The molecule has 1 aliphatic heterocycles. The number of allylic oxidation sites excluding steroid dienone is 1. The molecular formula is C24H24F3N3O2S. The third kappa shape index (κ3) is 5.65. The molecule has 0 bridgehead atoms. The summed E-state index contributed by atoms with van der Waals surface area (Å²) in [5, 5.41) is 7.87. The average molecular weight is 476 g/mol. The van der Waals surface area contributed by atoms with E-state index in [1.54, 1.807) is 13.8 Å². The van der Waals surface area contributed by atoms with Gasteiger partial charge in [-0.2, -0.15) is 13.2 Å². The maximum Gasteiger partial charge on any atom is 0.416 e. The fraction of sp³-hybridized carbons (Fsp3) is 0.292. The highest BCUT2D eigenvalue weighted by atomic mass is 32.2. The molecule has 1 heterocycles. The van der Waals surface area contributed by atoms with Crippen LogP contribution in [0.15, 0.2) is 65.2 Å². The molecule has 9 heteroatoms. The van der Waals surface area contributed by atoms with Crippen molar-refractivity contribution in [3.63, 3.8) is 0 Å². The Morgan fingerprint density at radius 3 is 2.24 bits per heavy atom. The van der Waals surface area contributed by atoms with Crippen molar-refractivity contribution in [2.45, 2.75) is 38.4 Å². The number of hydrogen-bond acceptors (Lipinski definition) is 5. The number of nitrogens with two attached hydrogens (primary N) is 1. The second-order valence-electron chi connectivity index (χ2n) is 7.94. The van der Waals surface area contributed by atoms with E-state index in [2.05, 4.69) is 0 Å². The Bertz CT molecular complexity index is 1080. The SMILES string of the molecule is CC1=C(C(N)=O)SC(C(=N)C(=O)C(C)Cc2ccc(C(F)(F)F)cc2)N1Cc1ccccc1. The van der Waals surface area contributed by atoms with Gasteiger partial charge in [0.05, 0.1) is 10.5 Å². The molecule has 0 aliphatic carbocycles. The first kappa shape index (κ1) is 24.6. The van der Waals surface area contributed by atoms with Gasteiger partial charge in [0.1, 0.15) is 11.1 Å². The lowest BCUT2D eigenvalue weighted by Gasteiger charge is -2.28. The van der Waals surface area contributed by atoms with Crippen LogP contribution in [0.5, 0.6) is 0 Å². The normalized spacial score (nSPS) is 17.2. The van der Waals surface area contributed by atoms with E-state index < -0.39 is 34.7 Å². The lowest BCUT2D eigenvalue weighted by molar-refractivity contribution is -0.137. The summed E-state index contributed by atoms with van der Waals surface area (Å²) in [5.74, 6) is -1.66. The highest BCUT2D eigenvalue weighted by molar-refractivity contribution is 8.05. The van der Waals surface area contributed by atoms with Gasteiger partial charge in [0.2, 0.25) is 0 Å². The van der Waals surface area contributed by atoms with E-state index in [1.165, 1.54) is 12.1 Å². The van der Waals surface area contributed by atoms with Crippen LogP contribution in [0.1, 0.15) is 30.5 Å². The maximum atomic E-state index is 13.1. The maximum absolute atomic E-state index is 13.1. The van der Waals surface area contributed by atoms with E-state index in [9.17, 15) is 22.8 Å². The fourth-order valence-corrected chi connectivity index (χ4v) is 4.88. The van der Waals surface area contributed by atoms with E-state index in [4.69, 9.17) is 11.1 Å². The van der Waals surface area contributed by atoms with Crippen LogP contribution in [0, 0.1) is 11.3 Å². The quantitative estimate of drug-likeness (QED) is 0.539. The summed E-state index contributed by atoms with van der Waals surface area (Å²) in [7, 11) is 0. The van der Waals surface area contributed by atoms with Crippen LogP contribution in [0.25, 0.3) is 0 Å². The minimum atomic E-state index is -4.42. The number of primary amides is 1. The van der Waals surface area contributed by atoms with Crippen LogP contribution >= 0.6 is 11.8 Å². The Labute approximate surface area is 194 Å². The standard InChI is InChI=1S/C24H24F3N3O2S/c1-14(12-16-8-10-18(11-9-16)24(25,26)27)20(31)19(28)23-30(13-17-6-4-3-5-7-17)15(2)21(33-23)22(29)32/h3-11,14,23,28H,12-13H2,1-2H3,(H2,29,32). The van der Waals surface area contributed by atoms with Crippen LogP contribution in [0.3, 0.4) is 0 Å². The number of hydrogen-bond donors (Lipinski definition) is 2. The van der Waals surface area contributed by atoms with Gasteiger partial charge in [-0.05, 0) is 36.6 Å². The number of thioether (sulfide) groups is 1. The summed E-state index contributed by atoms with van der Waals surface area (Å²) >= 11 is 1.08. The van der Waals surface area contributed by atoms with E-state index in [1.807, 2.05) is 35.2 Å². The van der Waals surface area contributed by atoms with Gasteiger partial charge in [-0.15, -0.1) is 0 Å². The van der Waals surface area contributed by atoms with Gasteiger partial charge in [-0.1, -0.05) is 61.2 Å². The molecule has 2 aromatic rings. The number of halogens is 3. The van der Waals surface area contributed by atoms with Crippen LogP contribution in [0.2, 0.25) is 0 Å². The Morgan fingerprint density at radius 1 is 1.09 bits per heavy atom. The number of rotatable bonds is 8. The smallest absolute Gasteiger partial charge is 0.365 e. The first-order valence-corrected chi connectivity index (χ1v) is 11.1. The highest BCUT2D eigenvalue weighted by Crippen LogP contribution is 2.40. The largest absolute Gasteiger partial charge is 0.416 e. The van der Waals surface area contributed by atoms with Crippen LogP contribution in [-0.4, -0.2) is 27.7 Å². The molecule has 0 radical (unpaired) electrons. The second-order valence-corrected chi connectivity index (χ2v) is 9.03. The molecule has 0 aromatic heterocycles. The molecule has 0 spiro atoms. The molecule has 2 unspecified atom stereocenters. The molecule has 0 saturated carbocycles. The van der Waals surface area contributed by atoms with Gasteiger partial charge in [-0.3, -0.25) is 15.0 Å². The minimum Gasteiger partial charge on any atom is -0.365 e. The monoisotopic (exact) mass is 475 g/mol. The fourth-order valence-electron chi connectivity index (χ4n) is 3.66. The van der Waals surface area contributed by atoms with Gasteiger partial charge < -0.3 is 10.6 Å². The third-order valence-electron chi connectivity index (χ3n) is 5.47. The summed E-state index contributed by atoms with van der Waals surface area (Å²) in [5.41, 5.74) is 6.71. The minimum absolute atomic E-state index is 0.175. The molecular weight excluding hydrogens is 451 g/mol. The Kier molecular flexibility index (Phi) is 7.31. The number of carbonyl (C=O) groups excluding carboxylic acids is 2. The first-order valence-electron chi connectivity index (χ1n) is 10.3. The van der Waals surface area contributed by atoms with Gasteiger partial charge in [0.15, 0.2) is 5.78 Å². The second kappa shape index (κ2) is 9.82. The highest BCUT2D eigenvalue weighted by Gasteiger charge is 2.39. The van der Waals surface area contributed by atoms with E-state index in [-0.39, 0.29) is 12.1 Å². The van der Waals surface area contributed by atoms with Crippen molar-refractivity contribution in [1.29, 1.82) is 5.41 Å². The average Bonchev–Trinajstić information content (AvgIpc) is 3.09. The zero-order valence-corrected chi connectivity index (χ0v) is 19.0. The van der Waals surface area contributed by atoms with Crippen molar-refractivity contribution in [3.8, 4) is 0 Å². The van der Waals surface area contributed by atoms with Gasteiger partial charge in [-0.25, -0.2) is 0 Å². The predicted octanol–water partition coefficient (Wildman–Crippen LogP) is 4.76. The van der Waals surface area contributed by atoms with E-state index >= 15 is 0 Å². The third-order valence-corrected chi connectivity index (χ3v) is 6.92. The topological polar surface area (TPSA) is 87.2 Å². The predicted molar refractivity (Wildman–Crippen MR) is 122 cm³/mol. The molecule has 2 atom stereocenters. The zero-order chi connectivity index (χ0) is 24.3. The van der Waals surface area contributed by atoms with Crippen molar-refractivity contribution in [2.24, 2.45) is 11.7 Å². The number of Topliss-reactive ketones (excluding diaryl/α,β-unsaturated/α-hetero) is 1. The molecule has 3 N–H and O–H groups in total. The number of ketones is 1. The molecule has 0 saturated heterocycles. The molecule has 3 rings (SSSR count). The summed E-state index contributed by atoms with van der Waals surface area (Å²) < 4.78 is 38.3. The lowest BCUT2D eigenvalue weighted by atomic mass is 9.93. The molecule has 2 aromatic carbocycles. The number of amides is 1. The van der Waals surface area contributed by atoms with Crippen LogP contribution in [0.4, 0.5) is 13.2 Å². The van der Waals surface area contributed by atoms with E-state index in [0.29, 0.717) is 22.7 Å². The van der Waals surface area contributed by atoms with Crippen molar-refractivity contribution >= 4 is 29.2 Å². The molecule has 1 amide bonds. The molecule has 5 nitrogen and oxygen atoms in total. The van der Waals surface area contributed by atoms with Crippen LogP contribution in [-0.2, 0) is 28.7 Å². The lowest BCUT2D eigenvalue weighted by Crippen LogP contribution is -2.39. The molecule has 174 valence electrons. The number of carbonyl (C=O) groups is 2. The molecule has 33 heavy (non-hydrogen) atoms. The zero-order valence-electron chi connectivity index (χ0n) is 18.1. The Balaban J connectivity index is 1.75. The van der Waals surface area contributed by atoms with Gasteiger partial charge in [0.25, 0.3) is 5.91 Å². The van der Waals surface area contributed by atoms with Crippen molar-refractivity contribution in [1.82, 2.24) is 4.90 Å². The van der Waals surface area contributed by atoms with Crippen molar-refractivity contribution in [3.05, 3.63) is 81.9 Å². The first-order chi connectivity index (χ1) is 15.5. The Morgan fingerprint density at radius 2 is 1.70 bits per heavy atom. The van der Waals surface area contributed by atoms with E-state index in [0.717, 1.165) is 29.5 Å². The molecule has 0 fully saturated rings. The Hall–Kier alpha value is -3.07. The van der Waals surface area contributed by atoms with Gasteiger partial charge >= 0.3 is 6.18 Å². The number of alkyl halides is 3. The number of nitrogens with zero attached hydrogens (tertiary/aromatic N) is 1. The molecule has 1 aliphatic rings.